The van der Waals surface area contributed by atoms with Crippen molar-refractivity contribution in [1.82, 2.24) is 0 Å². The van der Waals surface area contributed by atoms with E-state index in [4.69, 9.17) is 0 Å². The molecule has 0 atom stereocenters. The minimum Gasteiger partial charge on any atom is -0.289 e. The fraction of sp³-hybridized carbons (Fsp3) is 0.556. The van der Waals surface area contributed by atoms with Crippen LogP contribution < -0.4 is 0 Å². The van der Waals surface area contributed by atoms with Gasteiger partial charge in [0.1, 0.15) is 0 Å². The number of rotatable bonds is 14. The van der Waals surface area contributed by atoms with E-state index in [9.17, 15) is 9.59 Å². The van der Waals surface area contributed by atoms with Crippen LogP contribution in [0.4, 0.5) is 0 Å². The number of carbonyl (C=O) groups is 2. The Balaban J connectivity index is 1.59. The zero-order valence-corrected chi connectivity index (χ0v) is 18.5. The van der Waals surface area contributed by atoms with Crippen molar-refractivity contribution in [2.24, 2.45) is 0 Å². The normalized spacial score (nSPS) is 14.1. The molecule has 0 unspecified atom stereocenters. The summed E-state index contributed by atoms with van der Waals surface area (Å²) in [6.45, 7) is 4.05. The summed E-state index contributed by atoms with van der Waals surface area (Å²) in [4.78, 5) is 25.2. The first-order valence-electron chi connectivity index (χ1n) is 11.7. The van der Waals surface area contributed by atoms with Crippen molar-refractivity contribution in [2.45, 2.75) is 97.3 Å². The van der Waals surface area contributed by atoms with Gasteiger partial charge in [-0.25, -0.2) is 0 Å². The van der Waals surface area contributed by atoms with Gasteiger partial charge in [0.15, 0.2) is 11.6 Å². The van der Waals surface area contributed by atoms with Crippen molar-refractivity contribution in [3.05, 3.63) is 58.7 Å². The Hall–Kier alpha value is -1.96. The summed E-state index contributed by atoms with van der Waals surface area (Å²) < 4.78 is 0. The minimum absolute atomic E-state index is 0.00559. The number of carbonyl (C=O) groups excluding carboxylic acids is 2. The van der Waals surface area contributed by atoms with Crippen LogP contribution in [0.5, 0.6) is 0 Å². The van der Waals surface area contributed by atoms with E-state index in [0.717, 1.165) is 6.42 Å². The van der Waals surface area contributed by atoms with E-state index in [2.05, 4.69) is 19.1 Å². The maximum absolute atomic E-state index is 12.7. The van der Waals surface area contributed by atoms with Gasteiger partial charge in [0.05, 0.1) is 0 Å². The van der Waals surface area contributed by atoms with E-state index >= 15 is 0 Å². The van der Waals surface area contributed by atoms with Gasteiger partial charge in [0.2, 0.25) is 0 Å². The number of ketones is 2. The van der Waals surface area contributed by atoms with Crippen LogP contribution in [0.1, 0.15) is 118 Å². The van der Waals surface area contributed by atoms with Gasteiger partial charge >= 0.3 is 0 Å². The molecule has 0 saturated heterocycles. The van der Waals surface area contributed by atoms with Crippen molar-refractivity contribution < 1.29 is 9.59 Å². The molecule has 0 spiro atoms. The minimum atomic E-state index is -0.00559. The summed E-state index contributed by atoms with van der Waals surface area (Å²) >= 11 is 0. The Morgan fingerprint density at radius 2 is 1.21 bits per heavy atom. The van der Waals surface area contributed by atoms with Crippen LogP contribution in [0.25, 0.3) is 0 Å². The van der Waals surface area contributed by atoms with E-state index in [1.807, 2.05) is 12.1 Å². The maximum atomic E-state index is 12.7. The number of unbranched alkanes of at least 4 members (excludes halogenated alkanes) is 11. The molecule has 0 aromatic heterocycles. The topological polar surface area (TPSA) is 34.1 Å². The lowest BCUT2D eigenvalue weighted by Gasteiger charge is -2.17. The average Bonchev–Trinajstić information content (AvgIpc) is 2.74. The predicted octanol–water partition coefficient (Wildman–Crippen LogP) is 8.03. The molecule has 0 bridgehead atoms. The number of Topliss-reactive ketones (excluding diaryl/α,β-unsaturated/α-hetero) is 2. The highest BCUT2D eigenvalue weighted by molar-refractivity contribution is 6.26. The second kappa shape index (κ2) is 13.3. The van der Waals surface area contributed by atoms with Gasteiger partial charge in [-0.05, 0) is 26.2 Å². The molecule has 0 fully saturated rings. The van der Waals surface area contributed by atoms with Crippen LogP contribution in [0.3, 0.4) is 0 Å². The van der Waals surface area contributed by atoms with Crippen LogP contribution in [0.15, 0.2) is 47.6 Å². The Morgan fingerprint density at radius 1 is 0.690 bits per heavy atom. The number of fused-ring (bicyclic) bond motifs is 1. The van der Waals surface area contributed by atoms with Crippen LogP contribution in [0.2, 0.25) is 0 Å². The predicted molar refractivity (Wildman–Crippen MR) is 123 cm³/mol. The molecule has 2 heteroatoms. The second-order valence-electron chi connectivity index (χ2n) is 8.31. The Labute approximate surface area is 177 Å². The molecular formula is C27H38O2. The van der Waals surface area contributed by atoms with Crippen LogP contribution in [0, 0.1) is 0 Å². The van der Waals surface area contributed by atoms with Crippen LogP contribution in [-0.2, 0) is 0 Å². The molecule has 1 aliphatic carbocycles. The monoisotopic (exact) mass is 394 g/mol. The molecule has 158 valence electrons. The number of allylic oxidation sites excluding steroid dienone is 4. The van der Waals surface area contributed by atoms with Crippen molar-refractivity contribution in [3.8, 4) is 0 Å². The Kier molecular flexibility index (Phi) is 10.7. The van der Waals surface area contributed by atoms with E-state index in [-0.39, 0.29) is 11.6 Å². The third kappa shape index (κ3) is 7.42. The summed E-state index contributed by atoms with van der Waals surface area (Å²) in [6.07, 6.45) is 20.8. The number of hydrogen-bond donors (Lipinski definition) is 0. The van der Waals surface area contributed by atoms with E-state index in [1.54, 1.807) is 19.1 Å². The molecule has 0 N–H and O–H groups in total. The second-order valence-corrected chi connectivity index (χ2v) is 8.31. The van der Waals surface area contributed by atoms with Gasteiger partial charge in [-0.3, -0.25) is 9.59 Å². The molecule has 1 aliphatic rings. The quantitative estimate of drug-likeness (QED) is 0.236. The molecule has 2 nitrogen and oxygen atoms in total. The number of hydrogen-bond acceptors (Lipinski definition) is 2. The Bertz CT molecular complexity index is 724. The van der Waals surface area contributed by atoms with E-state index in [1.165, 1.54) is 70.6 Å². The summed E-state index contributed by atoms with van der Waals surface area (Å²) in [5.41, 5.74) is 2.36. The summed E-state index contributed by atoms with van der Waals surface area (Å²) in [7, 11) is 0. The fourth-order valence-electron chi connectivity index (χ4n) is 4.04. The highest BCUT2D eigenvalue weighted by Gasteiger charge is 2.28. The molecule has 1 aromatic carbocycles. The molecule has 29 heavy (non-hydrogen) atoms. The standard InChI is InChI=1S/C27H38O2/c1-3-4-5-6-7-8-9-10-11-12-13-14-15-16-19-23-22(2)26(28)24-20-17-18-21-25(24)27(23)29/h15-18,20-21H,3-14,19H2,1-2H3. The molecular weight excluding hydrogens is 356 g/mol. The molecule has 0 saturated carbocycles. The first-order valence-corrected chi connectivity index (χ1v) is 11.7. The first-order chi connectivity index (χ1) is 14.2. The molecule has 0 amide bonds. The van der Waals surface area contributed by atoms with Gasteiger partial charge in [0, 0.05) is 22.3 Å². The molecule has 2 rings (SSSR count). The van der Waals surface area contributed by atoms with E-state index < -0.39 is 0 Å². The zero-order valence-electron chi connectivity index (χ0n) is 18.5. The SMILES string of the molecule is CCCCCCCCCCCCCC=CCC1=C(C)C(=O)c2ccccc2C1=O. The van der Waals surface area contributed by atoms with Gasteiger partial charge in [-0.15, -0.1) is 0 Å². The molecule has 1 aromatic rings. The van der Waals surface area contributed by atoms with E-state index in [0.29, 0.717) is 28.7 Å². The zero-order chi connectivity index (χ0) is 20.9. The smallest absolute Gasteiger partial charge is 0.190 e. The molecule has 0 aliphatic heterocycles. The van der Waals surface area contributed by atoms with Crippen molar-refractivity contribution >= 4 is 11.6 Å². The van der Waals surface area contributed by atoms with Gasteiger partial charge in [0.25, 0.3) is 0 Å². The summed E-state index contributed by atoms with van der Waals surface area (Å²) in [6, 6.07) is 7.15. The van der Waals surface area contributed by atoms with Gasteiger partial charge in [-0.2, -0.15) is 0 Å². The molecule has 0 radical (unpaired) electrons. The summed E-state index contributed by atoms with van der Waals surface area (Å²) in [5.74, 6) is 0.00556. The third-order valence-electron chi connectivity index (χ3n) is 5.95. The third-order valence-corrected chi connectivity index (χ3v) is 5.95. The maximum Gasteiger partial charge on any atom is 0.190 e. The lowest BCUT2D eigenvalue weighted by Crippen LogP contribution is -2.20. The Morgan fingerprint density at radius 3 is 1.79 bits per heavy atom. The van der Waals surface area contributed by atoms with Gasteiger partial charge in [-0.1, -0.05) is 108 Å². The first kappa shape index (κ1) is 23.3. The van der Waals surface area contributed by atoms with Crippen LogP contribution in [-0.4, -0.2) is 11.6 Å². The van der Waals surface area contributed by atoms with Crippen molar-refractivity contribution in [1.29, 1.82) is 0 Å². The number of benzene rings is 1. The molecule has 0 heterocycles. The van der Waals surface area contributed by atoms with Crippen LogP contribution >= 0.6 is 0 Å². The van der Waals surface area contributed by atoms with Gasteiger partial charge < -0.3 is 0 Å². The highest BCUT2D eigenvalue weighted by Crippen LogP contribution is 2.28. The summed E-state index contributed by atoms with van der Waals surface area (Å²) in [5, 5.41) is 0. The largest absolute Gasteiger partial charge is 0.289 e. The fourth-order valence-corrected chi connectivity index (χ4v) is 4.04. The van der Waals surface area contributed by atoms with Crippen molar-refractivity contribution in [2.75, 3.05) is 0 Å². The van der Waals surface area contributed by atoms with Crippen molar-refractivity contribution in [3.63, 3.8) is 0 Å². The highest BCUT2D eigenvalue weighted by atomic mass is 16.1. The average molecular weight is 395 g/mol. The lowest BCUT2D eigenvalue weighted by molar-refractivity contribution is 0.0973. The lowest BCUT2D eigenvalue weighted by atomic mass is 9.83.